The van der Waals surface area contributed by atoms with E-state index in [4.69, 9.17) is 4.74 Å². The number of nitrogens with one attached hydrogen (secondary N) is 1. The highest BCUT2D eigenvalue weighted by molar-refractivity contribution is 9.10. The lowest BCUT2D eigenvalue weighted by Gasteiger charge is -2.20. The molecule has 1 aromatic rings. The minimum Gasteiger partial charge on any atom is -0.384 e. The molecule has 0 aliphatic rings. The molecule has 3 nitrogen and oxygen atoms in total. The zero-order valence-corrected chi connectivity index (χ0v) is 12.3. The Morgan fingerprint density at radius 1 is 1.47 bits per heavy atom. The highest BCUT2D eigenvalue weighted by Crippen LogP contribution is 2.14. The maximum atomic E-state index is 5.17. The molecule has 1 aromatic heterocycles. The molecular formula is C13H21BrN2O. The van der Waals surface area contributed by atoms with Gasteiger partial charge in [-0.3, -0.25) is 4.98 Å². The fourth-order valence-electron chi connectivity index (χ4n) is 1.99. The molecule has 1 heterocycles. The summed E-state index contributed by atoms with van der Waals surface area (Å²) in [6.45, 7) is 3.03. The van der Waals surface area contributed by atoms with E-state index in [-0.39, 0.29) is 0 Å². The number of nitrogens with zero attached hydrogens (tertiary/aromatic N) is 1. The molecule has 17 heavy (non-hydrogen) atoms. The summed E-state index contributed by atoms with van der Waals surface area (Å²) in [6.07, 6.45) is 5.84. The van der Waals surface area contributed by atoms with Crippen molar-refractivity contribution >= 4 is 15.9 Å². The Labute approximate surface area is 112 Å². The summed E-state index contributed by atoms with van der Waals surface area (Å²) in [5.74, 6) is 0.567. The molecule has 0 aliphatic heterocycles. The number of hydrogen-bond donors (Lipinski definition) is 1. The second kappa shape index (κ2) is 7.80. The van der Waals surface area contributed by atoms with Crippen LogP contribution in [0.15, 0.2) is 22.9 Å². The number of ether oxygens (including phenoxy) is 1. The molecule has 0 saturated carbocycles. The monoisotopic (exact) mass is 300 g/mol. The van der Waals surface area contributed by atoms with Crippen molar-refractivity contribution in [2.45, 2.75) is 25.8 Å². The minimum atomic E-state index is 0.469. The van der Waals surface area contributed by atoms with Crippen LogP contribution < -0.4 is 5.32 Å². The number of likely N-dealkylation sites (N-methyl/N-ethyl adjacent to an activating group) is 1. The first kappa shape index (κ1) is 14.6. The van der Waals surface area contributed by atoms with Crippen LogP contribution >= 0.6 is 15.9 Å². The first-order valence-corrected chi connectivity index (χ1v) is 6.70. The molecule has 0 aliphatic carbocycles. The van der Waals surface area contributed by atoms with Gasteiger partial charge in [0.1, 0.15) is 0 Å². The summed E-state index contributed by atoms with van der Waals surface area (Å²) in [4.78, 5) is 4.19. The normalized spacial score (nSPS) is 14.6. The lowest BCUT2D eigenvalue weighted by atomic mass is 9.97. The molecule has 96 valence electrons. The third-order valence-corrected chi connectivity index (χ3v) is 3.22. The Morgan fingerprint density at radius 3 is 2.82 bits per heavy atom. The van der Waals surface area contributed by atoms with Crippen LogP contribution in [-0.4, -0.2) is 31.8 Å². The second-order valence-electron chi connectivity index (χ2n) is 4.50. The number of hydrogen-bond acceptors (Lipinski definition) is 3. The number of rotatable bonds is 7. The summed E-state index contributed by atoms with van der Waals surface area (Å²) in [6, 6.07) is 2.59. The van der Waals surface area contributed by atoms with Crippen LogP contribution in [0.3, 0.4) is 0 Å². The van der Waals surface area contributed by atoms with E-state index in [2.05, 4.69) is 39.2 Å². The SMILES string of the molecule is CNC(Cc1cncc(Br)c1)CC(C)COC. The van der Waals surface area contributed by atoms with Gasteiger partial charge in [0.05, 0.1) is 0 Å². The Kier molecular flexibility index (Phi) is 6.70. The topological polar surface area (TPSA) is 34.2 Å². The summed E-state index contributed by atoms with van der Waals surface area (Å²) in [7, 11) is 3.76. The van der Waals surface area contributed by atoms with Gasteiger partial charge in [0.25, 0.3) is 0 Å². The van der Waals surface area contributed by atoms with Crippen molar-refractivity contribution < 1.29 is 4.74 Å². The summed E-state index contributed by atoms with van der Waals surface area (Å²) < 4.78 is 6.21. The maximum Gasteiger partial charge on any atom is 0.0488 e. The van der Waals surface area contributed by atoms with Gasteiger partial charge < -0.3 is 10.1 Å². The van der Waals surface area contributed by atoms with E-state index in [0.29, 0.717) is 12.0 Å². The Hall–Kier alpha value is -0.450. The third-order valence-electron chi connectivity index (χ3n) is 2.79. The van der Waals surface area contributed by atoms with Crippen LogP contribution in [0.25, 0.3) is 0 Å². The average Bonchev–Trinajstić information content (AvgIpc) is 2.28. The third kappa shape index (κ3) is 5.61. The standard InChI is InChI=1S/C13H21BrN2O/c1-10(9-17-3)4-13(15-2)6-11-5-12(14)8-16-7-11/h5,7-8,10,13,15H,4,6,9H2,1-3H3. The highest BCUT2D eigenvalue weighted by atomic mass is 79.9. The van der Waals surface area contributed by atoms with E-state index in [1.807, 2.05) is 19.4 Å². The van der Waals surface area contributed by atoms with Crippen LogP contribution in [0.4, 0.5) is 0 Å². The van der Waals surface area contributed by atoms with Gasteiger partial charge in [-0.1, -0.05) is 6.92 Å². The molecule has 0 aromatic carbocycles. The number of pyridine rings is 1. The van der Waals surface area contributed by atoms with E-state index in [1.165, 1.54) is 5.56 Å². The largest absolute Gasteiger partial charge is 0.384 e. The average molecular weight is 301 g/mol. The van der Waals surface area contributed by atoms with Crippen molar-refractivity contribution in [2.75, 3.05) is 20.8 Å². The van der Waals surface area contributed by atoms with E-state index in [9.17, 15) is 0 Å². The van der Waals surface area contributed by atoms with Crippen LogP contribution in [0.5, 0.6) is 0 Å². The van der Waals surface area contributed by atoms with Crippen molar-refractivity contribution in [3.05, 3.63) is 28.5 Å². The molecular weight excluding hydrogens is 280 g/mol. The fraction of sp³-hybridized carbons (Fsp3) is 0.615. The van der Waals surface area contributed by atoms with Crippen LogP contribution in [-0.2, 0) is 11.2 Å². The molecule has 2 unspecified atom stereocenters. The van der Waals surface area contributed by atoms with Crippen molar-refractivity contribution in [1.82, 2.24) is 10.3 Å². The number of halogens is 1. The predicted molar refractivity (Wildman–Crippen MR) is 74.1 cm³/mol. The molecule has 2 atom stereocenters. The predicted octanol–water partition coefficient (Wildman–Crippen LogP) is 2.65. The van der Waals surface area contributed by atoms with Crippen molar-refractivity contribution in [3.8, 4) is 0 Å². The van der Waals surface area contributed by atoms with Crippen LogP contribution in [0.1, 0.15) is 18.9 Å². The Balaban J connectivity index is 2.51. The van der Waals surface area contributed by atoms with Gasteiger partial charge in [0.15, 0.2) is 0 Å². The lowest BCUT2D eigenvalue weighted by Crippen LogP contribution is -2.30. The van der Waals surface area contributed by atoms with Gasteiger partial charge in [-0.2, -0.15) is 0 Å². The summed E-state index contributed by atoms with van der Waals surface area (Å²) in [5.41, 5.74) is 1.25. The van der Waals surface area contributed by atoms with Crippen LogP contribution in [0.2, 0.25) is 0 Å². The van der Waals surface area contributed by atoms with Crippen LogP contribution in [0, 0.1) is 5.92 Å². The van der Waals surface area contributed by atoms with E-state index >= 15 is 0 Å². The molecule has 1 rings (SSSR count). The lowest BCUT2D eigenvalue weighted by molar-refractivity contribution is 0.150. The maximum absolute atomic E-state index is 5.17. The molecule has 0 bridgehead atoms. The summed E-state index contributed by atoms with van der Waals surface area (Å²) >= 11 is 3.45. The molecule has 0 fully saturated rings. The van der Waals surface area contributed by atoms with Gasteiger partial charge in [-0.15, -0.1) is 0 Å². The zero-order valence-electron chi connectivity index (χ0n) is 10.7. The molecule has 0 spiro atoms. The van der Waals surface area contributed by atoms with Gasteiger partial charge in [-0.05, 0) is 53.4 Å². The van der Waals surface area contributed by atoms with E-state index < -0.39 is 0 Å². The molecule has 0 radical (unpaired) electrons. The van der Waals surface area contributed by atoms with Crippen molar-refractivity contribution in [3.63, 3.8) is 0 Å². The first-order chi connectivity index (χ1) is 8.15. The minimum absolute atomic E-state index is 0.469. The van der Waals surface area contributed by atoms with Gasteiger partial charge in [0, 0.05) is 36.6 Å². The van der Waals surface area contributed by atoms with Gasteiger partial charge in [-0.25, -0.2) is 0 Å². The molecule has 0 saturated heterocycles. The van der Waals surface area contributed by atoms with E-state index in [1.54, 1.807) is 7.11 Å². The van der Waals surface area contributed by atoms with Gasteiger partial charge in [0.2, 0.25) is 0 Å². The second-order valence-corrected chi connectivity index (χ2v) is 5.41. The highest BCUT2D eigenvalue weighted by Gasteiger charge is 2.12. The molecule has 1 N–H and O–H groups in total. The van der Waals surface area contributed by atoms with E-state index in [0.717, 1.165) is 23.9 Å². The molecule has 0 amide bonds. The quantitative estimate of drug-likeness (QED) is 0.840. The van der Waals surface area contributed by atoms with Crippen molar-refractivity contribution in [1.29, 1.82) is 0 Å². The zero-order chi connectivity index (χ0) is 12.7. The van der Waals surface area contributed by atoms with Gasteiger partial charge >= 0.3 is 0 Å². The Morgan fingerprint density at radius 2 is 2.24 bits per heavy atom. The number of methoxy groups -OCH3 is 1. The number of aromatic nitrogens is 1. The Bertz CT molecular complexity index is 333. The summed E-state index contributed by atoms with van der Waals surface area (Å²) in [5, 5.41) is 3.36. The smallest absolute Gasteiger partial charge is 0.0488 e. The fourth-order valence-corrected chi connectivity index (χ4v) is 2.41. The molecule has 4 heteroatoms. The van der Waals surface area contributed by atoms with Crippen molar-refractivity contribution in [2.24, 2.45) is 5.92 Å². The first-order valence-electron chi connectivity index (χ1n) is 5.91.